The summed E-state index contributed by atoms with van der Waals surface area (Å²) in [5.74, 6) is 0.730. The summed E-state index contributed by atoms with van der Waals surface area (Å²) in [7, 11) is 0. The number of ether oxygens (including phenoxy) is 1. The van der Waals surface area contributed by atoms with Crippen molar-refractivity contribution in [3.63, 3.8) is 0 Å². The minimum Gasteiger partial charge on any atom is -1.00 e. The molecule has 1 aliphatic heterocycles. The predicted molar refractivity (Wildman–Crippen MR) is 116 cm³/mol. The van der Waals surface area contributed by atoms with Crippen molar-refractivity contribution in [1.82, 2.24) is 0 Å². The molecule has 0 atom stereocenters. The summed E-state index contributed by atoms with van der Waals surface area (Å²) in [5, 5.41) is 13.9. The molecule has 7 nitrogen and oxygen atoms in total. The van der Waals surface area contributed by atoms with Gasteiger partial charge in [-0.2, -0.15) is 0 Å². The molecule has 0 radical (unpaired) electrons. The van der Waals surface area contributed by atoms with Gasteiger partial charge in [0.2, 0.25) is 0 Å². The third-order valence-electron chi connectivity index (χ3n) is 5.50. The maximum absolute atomic E-state index is 12.9. The Morgan fingerprint density at radius 1 is 1.13 bits per heavy atom. The van der Waals surface area contributed by atoms with Gasteiger partial charge in [-0.1, -0.05) is 13.0 Å². The van der Waals surface area contributed by atoms with E-state index in [2.05, 4.69) is 12.2 Å². The van der Waals surface area contributed by atoms with E-state index in [1.165, 1.54) is 18.6 Å². The molecule has 8 heteroatoms. The van der Waals surface area contributed by atoms with E-state index in [0.717, 1.165) is 49.4 Å². The Kier molecular flexibility index (Phi) is 9.45. The lowest BCUT2D eigenvalue weighted by molar-refractivity contribution is -0.937. The maximum Gasteiger partial charge on any atom is 0.279 e. The summed E-state index contributed by atoms with van der Waals surface area (Å²) in [6.07, 6.45) is 4.28. The average molecular weight is 492 g/mol. The molecule has 0 bridgehead atoms. The lowest BCUT2D eigenvalue weighted by Crippen LogP contribution is -3.00. The first kappa shape index (κ1) is 24.8. The van der Waals surface area contributed by atoms with Crippen LogP contribution in [0.1, 0.15) is 38.2 Å². The first-order chi connectivity index (χ1) is 14.5. The van der Waals surface area contributed by atoms with Gasteiger partial charge in [0.1, 0.15) is 12.3 Å². The number of anilines is 1. The van der Waals surface area contributed by atoms with Crippen molar-refractivity contribution in [2.45, 2.75) is 39.2 Å². The molecule has 1 amide bonds. The second-order valence-electron chi connectivity index (χ2n) is 8.01. The van der Waals surface area contributed by atoms with Crippen molar-refractivity contribution in [2.75, 3.05) is 31.6 Å². The van der Waals surface area contributed by atoms with Gasteiger partial charge in [0, 0.05) is 29.4 Å². The summed E-state index contributed by atoms with van der Waals surface area (Å²) in [6.45, 7) is 5.65. The number of carbonyl (C=O) groups is 1. The largest absolute Gasteiger partial charge is 1.00 e. The van der Waals surface area contributed by atoms with E-state index in [1.54, 1.807) is 12.1 Å². The van der Waals surface area contributed by atoms with Gasteiger partial charge >= 0.3 is 0 Å². The van der Waals surface area contributed by atoms with E-state index in [1.807, 2.05) is 24.3 Å². The van der Waals surface area contributed by atoms with Crippen molar-refractivity contribution in [3.05, 3.63) is 64.2 Å². The molecule has 0 unspecified atom stereocenters. The summed E-state index contributed by atoms with van der Waals surface area (Å²) in [5.41, 5.74) is 1.84. The Morgan fingerprint density at radius 2 is 1.84 bits per heavy atom. The Morgan fingerprint density at radius 3 is 2.48 bits per heavy atom. The van der Waals surface area contributed by atoms with Gasteiger partial charge in [0.05, 0.1) is 24.6 Å². The zero-order chi connectivity index (χ0) is 21.4. The fourth-order valence-electron chi connectivity index (χ4n) is 4.05. The zero-order valence-corrected chi connectivity index (χ0v) is 19.5. The Hall–Kier alpha value is -2.45. The molecule has 0 spiro atoms. The molecule has 1 aliphatic rings. The lowest BCUT2D eigenvalue weighted by atomic mass is 10.0. The zero-order valence-electron chi connectivity index (χ0n) is 17.9. The summed E-state index contributed by atoms with van der Waals surface area (Å²) < 4.78 is 6.33. The fourth-order valence-corrected chi connectivity index (χ4v) is 4.05. The smallest absolute Gasteiger partial charge is 0.279 e. The SMILES string of the molecule is CCCOc1cccc(NC(=O)C[N+]2(Cc3ccc([N+](=O)[O-])cc3)CCCCC2)c1.[Br-]. The highest BCUT2D eigenvalue weighted by Crippen LogP contribution is 2.25. The molecule has 0 aliphatic carbocycles. The van der Waals surface area contributed by atoms with Crippen LogP contribution in [-0.2, 0) is 11.3 Å². The molecule has 1 heterocycles. The van der Waals surface area contributed by atoms with Gasteiger partial charge in [0.15, 0.2) is 6.54 Å². The normalized spacial score (nSPS) is 14.9. The van der Waals surface area contributed by atoms with Gasteiger partial charge in [-0.05, 0) is 49.9 Å². The highest BCUT2D eigenvalue weighted by Gasteiger charge is 2.33. The van der Waals surface area contributed by atoms with Crippen LogP contribution in [0.15, 0.2) is 48.5 Å². The Balaban J connectivity index is 0.00000341. The third-order valence-corrected chi connectivity index (χ3v) is 5.50. The number of piperidine rings is 1. The van der Waals surface area contributed by atoms with Crippen LogP contribution in [0.4, 0.5) is 11.4 Å². The number of hydrogen-bond acceptors (Lipinski definition) is 4. The number of benzene rings is 2. The molecule has 3 rings (SSSR count). The number of nitrogens with zero attached hydrogens (tertiary/aromatic N) is 2. The number of nitro benzene ring substituents is 1. The van der Waals surface area contributed by atoms with E-state index in [-0.39, 0.29) is 33.5 Å². The molecule has 2 aromatic rings. The molecule has 31 heavy (non-hydrogen) atoms. The van der Waals surface area contributed by atoms with Crippen LogP contribution < -0.4 is 27.0 Å². The van der Waals surface area contributed by atoms with Crippen LogP contribution in [0.5, 0.6) is 5.75 Å². The number of hydrogen-bond donors (Lipinski definition) is 1. The predicted octanol–water partition coefficient (Wildman–Crippen LogP) is 1.53. The van der Waals surface area contributed by atoms with E-state index in [4.69, 9.17) is 4.74 Å². The van der Waals surface area contributed by atoms with Crippen molar-refractivity contribution in [2.24, 2.45) is 0 Å². The van der Waals surface area contributed by atoms with E-state index in [9.17, 15) is 14.9 Å². The van der Waals surface area contributed by atoms with E-state index < -0.39 is 0 Å². The number of carbonyl (C=O) groups excluding carboxylic acids is 1. The first-order valence-electron chi connectivity index (χ1n) is 10.6. The van der Waals surface area contributed by atoms with Crippen molar-refractivity contribution in [1.29, 1.82) is 0 Å². The van der Waals surface area contributed by atoms with Crippen LogP contribution in [0.3, 0.4) is 0 Å². The van der Waals surface area contributed by atoms with Crippen molar-refractivity contribution in [3.8, 4) is 5.75 Å². The molecule has 1 N–H and O–H groups in total. The number of non-ortho nitro benzene ring substituents is 1. The van der Waals surface area contributed by atoms with Crippen LogP contribution in [0.2, 0.25) is 0 Å². The number of halogens is 1. The van der Waals surface area contributed by atoms with Crippen molar-refractivity contribution >= 4 is 17.3 Å². The lowest BCUT2D eigenvalue weighted by Gasteiger charge is -2.41. The average Bonchev–Trinajstić information content (AvgIpc) is 2.73. The highest BCUT2D eigenvalue weighted by atomic mass is 79.9. The number of likely N-dealkylation sites (tertiary alicyclic amines) is 1. The molecule has 0 aromatic heterocycles. The number of amides is 1. The molecule has 1 fully saturated rings. The molecule has 1 saturated heterocycles. The van der Waals surface area contributed by atoms with Crippen LogP contribution in [-0.4, -0.2) is 41.6 Å². The minimum atomic E-state index is -0.388. The summed E-state index contributed by atoms with van der Waals surface area (Å²) in [6, 6.07) is 14.2. The molecule has 2 aromatic carbocycles. The number of nitro groups is 1. The molecule has 168 valence electrons. The minimum absolute atomic E-state index is 0. The molecular weight excluding hydrogens is 462 g/mol. The molecule has 0 saturated carbocycles. The Labute approximate surface area is 193 Å². The quantitative estimate of drug-likeness (QED) is 0.327. The number of quaternary nitrogens is 1. The van der Waals surface area contributed by atoms with Gasteiger partial charge in [-0.3, -0.25) is 14.9 Å². The first-order valence-corrected chi connectivity index (χ1v) is 10.6. The van der Waals surface area contributed by atoms with E-state index in [0.29, 0.717) is 24.2 Å². The van der Waals surface area contributed by atoms with Crippen LogP contribution in [0.25, 0.3) is 0 Å². The van der Waals surface area contributed by atoms with Crippen LogP contribution >= 0.6 is 0 Å². The standard InChI is InChI=1S/C23H29N3O4.BrH/c1-2-15-30-22-8-6-7-20(16-22)24-23(27)18-26(13-4-3-5-14-26)17-19-9-11-21(12-10-19)25(28)29;/h6-12,16H,2-5,13-15,17-18H2,1H3;1H. The topological polar surface area (TPSA) is 81.5 Å². The van der Waals surface area contributed by atoms with Gasteiger partial charge in [-0.25, -0.2) is 0 Å². The van der Waals surface area contributed by atoms with Crippen LogP contribution in [0, 0.1) is 10.1 Å². The summed E-state index contributed by atoms with van der Waals surface area (Å²) in [4.78, 5) is 23.4. The van der Waals surface area contributed by atoms with E-state index >= 15 is 0 Å². The second-order valence-corrected chi connectivity index (χ2v) is 8.01. The maximum atomic E-state index is 12.9. The highest BCUT2D eigenvalue weighted by molar-refractivity contribution is 5.91. The fraction of sp³-hybridized carbons (Fsp3) is 0.435. The second kappa shape index (κ2) is 11.8. The monoisotopic (exact) mass is 491 g/mol. The van der Waals surface area contributed by atoms with Crippen molar-refractivity contribution < 1.29 is 35.9 Å². The van der Waals surface area contributed by atoms with Gasteiger partial charge in [0.25, 0.3) is 11.6 Å². The molecular formula is C23H30BrN3O4. The van der Waals surface area contributed by atoms with Gasteiger partial charge in [-0.15, -0.1) is 0 Å². The third kappa shape index (κ3) is 7.33. The number of nitrogens with one attached hydrogen (secondary N) is 1. The summed E-state index contributed by atoms with van der Waals surface area (Å²) >= 11 is 0. The Bertz CT molecular complexity index is 867. The van der Waals surface area contributed by atoms with Gasteiger partial charge < -0.3 is 31.5 Å². The number of rotatable bonds is 9.